The lowest BCUT2D eigenvalue weighted by molar-refractivity contribution is -0.125. The maximum absolute atomic E-state index is 12.5. The van der Waals surface area contributed by atoms with Gasteiger partial charge in [-0.05, 0) is 48.8 Å². The molecule has 108 valence electrons. The third-order valence-corrected chi connectivity index (χ3v) is 3.45. The van der Waals surface area contributed by atoms with Gasteiger partial charge in [0.15, 0.2) is 5.11 Å². The molecule has 1 aliphatic rings. The Morgan fingerprint density at radius 1 is 1.40 bits per heavy atom. The SMILES string of the molecule is CC(C)(C)C(=O)N1CCCc2cc(NC(N)=S)ccc21. The van der Waals surface area contributed by atoms with Crippen LogP contribution in [0.15, 0.2) is 18.2 Å². The molecule has 0 saturated heterocycles. The van der Waals surface area contributed by atoms with Crippen LogP contribution in [-0.2, 0) is 11.2 Å². The Hall–Kier alpha value is -1.62. The first-order valence-corrected chi connectivity index (χ1v) is 7.21. The van der Waals surface area contributed by atoms with Gasteiger partial charge in [0.2, 0.25) is 5.91 Å². The van der Waals surface area contributed by atoms with E-state index in [1.807, 2.05) is 43.9 Å². The minimum Gasteiger partial charge on any atom is -0.376 e. The number of nitrogens with zero attached hydrogens (tertiary/aromatic N) is 1. The standard InChI is InChI=1S/C15H21N3OS/c1-15(2,3)13(19)18-8-4-5-10-9-11(17-14(16)20)6-7-12(10)18/h6-7,9H,4-5,8H2,1-3H3,(H3,16,17,20). The minimum atomic E-state index is -0.371. The molecule has 0 fully saturated rings. The number of nitrogens with one attached hydrogen (secondary N) is 1. The number of fused-ring (bicyclic) bond motifs is 1. The third-order valence-electron chi connectivity index (χ3n) is 3.35. The molecule has 1 aromatic carbocycles. The van der Waals surface area contributed by atoms with Crippen molar-refractivity contribution in [3.63, 3.8) is 0 Å². The highest BCUT2D eigenvalue weighted by molar-refractivity contribution is 7.80. The number of carbonyl (C=O) groups is 1. The number of amides is 1. The largest absolute Gasteiger partial charge is 0.376 e. The zero-order valence-corrected chi connectivity index (χ0v) is 13.0. The summed E-state index contributed by atoms with van der Waals surface area (Å²) in [6.45, 7) is 6.64. The van der Waals surface area contributed by atoms with E-state index in [1.165, 1.54) is 0 Å². The van der Waals surface area contributed by atoms with Crippen molar-refractivity contribution in [2.24, 2.45) is 11.1 Å². The third kappa shape index (κ3) is 3.10. The number of aryl methyl sites for hydroxylation is 1. The summed E-state index contributed by atoms with van der Waals surface area (Å²) in [6.07, 6.45) is 1.95. The first-order valence-electron chi connectivity index (χ1n) is 6.80. The van der Waals surface area contributed by atoms with Crippen molar-refractivity contribution in [2.45, 2.75) is 33.6 Å². The number of nitrogens with two attached hydrogens (primary N) is 1. The van der Waals surface area contributed by atoms with Crippen LogP contribution >= 0.6 is 12.2 Å². The molecule has 0 aromatic heterocycles. The maximum Gasteiger partial charge on any atom is 0.232 e. The molecule has 0 spiro atoms. The molecule has 1 aromatic rings. The lowest BCUT2D eigenvalue weighted by Crippen LogP contribution is -2.42. The van der Waals surface area contributed by atoms with Crippen molar-refractivity contribution >= 4 is 34.6 Å². The Labute approximate surface area is 125 Å². The van der Waals surface area contributed by atoms with Crippen molar-refractivity contribution in [3.05, 3.63) is 23.8 Å². The van der Waals surface area contributed by atoms with Crippen molar-refractivity contribution in [1.82, 2.24) is 0 Å². The van der Waals surface area contributed by atoms with E-state index in [0.29, 0.717) is 0 Å². The summed E-state index contributed by atoms with van der Waals surface area (Å²) in [5.41, 5.74) is 8.16. The van der Waals surface area contributed by atoms with E-state index < -0.39 is 0 Å². The lowest BCUT2D eigenvalue weighted by Gasteiger charge is -2.34. The lowest BCUT2D eigenvalue weighted by atomic mass is 9.92. The zero-order valence-electron chi connectivity index (χ0n) is 12.2. The van der Waals surface area contributed by atoms with E-state index in [0.717, 1.165) is 36.3 Å². The van der Waals surface area contributed by atoms with Gasteiger partial charge in [-0.15, -0.1) is 0 Å². The van der Waals surface area contributed by atoms with Gasteiger partial charge in [-0.3, -0.25) is 4.79 Å². The molecule has 20 heavy (non-hydrogen) atoms. The molecule has 5 heteroatoms. The van der Waals surface area contributed by atoms with Gasteiger partial charge in [0.1, 0.15) is 0 Å². The average molecular weight is 291 g/mol. The molecule has 1 amide bonds. The van der Waals surface area contributed by atoms with Crippen LogP contribution in [0.3, 0.4) is 0 Å². The summed E-state index contributed by atoms with van der Waals surface area (Å²) in [7, 11) is 0. The van der Waals surface area contributed by atoms with E-state index in [-0.39, 0.29) is 16.4 Å². The summed E-state index contributed by atoms with van der Waals surface area (Å²) in [5, 5.41) is 3.19. The highest BCUT2D eigenvalue weighted by Crippen LogP contribution is 2.32. The van der Waals surface area contributed by atoms with Gasteiger partial charge in [0.05, 0.1) is 0 Å². The Morgan fingerprint density at radius 2 is 2.10 bits per heavy atom. The molecule has 1 aliphatic heterocycles. The number of hydrogen-bond acceptors (Lipinski definition) is 2. The molecule has 0 radical (unpaired) electrons. The number of carbonyl (C=O) groups excluding carboxylic acids is 1. The van der Waals surface area contributed by atoms with Gasteiger partial charge >= 0.3 is 0 Å². The topological polar surface area (TPSA) is 58.4 Å². The Kier molecular flexibility index (Phi) is 3.99. The molecule has 1 heterocycles. The fourth-order valence-corrected chi connectivity index (χ4v) is 2.55. The van der Waals surface area contributed by atoms with Gasteiger partial charge in [-0.1, -0.05) is 20.8 Å². The fourth-order valence-electron chi connectivity index (χ4n) is 2.43. The molecular formula is C15H21N3OS. The van der Waals surface area contributed by atoms with Crippen LogP contribution in [0.4, 0.5) is 11.4 Å². The number of benzene rings is 1. The Morgan fingerprint density at radius 3 is 2.70 bits per heavy atom. The van der Waals surface area contributed by atoms with Gasteiger partial charge in [-0.2, -0.15) is 0 Å². The second-order valence-corrected chi connectivity index (χ2v) is 6.58. The Balaban J connectivity index is 2.33. The van der Waals surface area contributed by atoms with Crippen molar-refractivity contribution in [3.8, 4) is 0 Å². The number of rotatable bonds is 1. The number of anilines is 2. The minimum absolute atomic E-state index is 0.161. The maximum atomic E-state index is 12.5. The van der Waals surface area contributed by atoms with Gasteiger partial charge in [0, 0.05) is 23.3 Å². The number of hydrogen-bond donors (Lipinski definition) is 2. The number of thiocarbonyl (C=S) groups is 1. The van der Waals surface area contributed by atoms with Crippen LogP contribution in [0.2, 0.25) is 0 Å². The Bertz CT molecular complexity index is 549. The average Bonchev–Trinajstić information content (AvgIpc) is 2.35. The van der Waals surface area contributed by atoms with Crippen LogP contribution in [0.1, 0.15) is 32.8 Å². The van der Waals surface area contributed by atoms with E-state index in [1.54, 1.807) is 0 Å². The van der Waals surface area contributed by atoms with Crippen LogP contribution in [0, 0.1) is 5.41 Å². The summed E-state index contributed by atoms with van der Waals surface area (Å²) >= 11 is 4.85. The second kappa shape index (κ2) is 5.40. The fraction of sp³-hybridized carbons (Fsp3) is 0.467. The van der Waals surface area contributed by atoms with Crippen molar-refractivity contribution < 1.29 is 4.79 Å². The second-order valence-electron chi connectivity index (χ2n) is 6.14. The van der Waals surface area contributed by atoms with Crippen molar-refractivity contribution in [1.29, 1.82) is 0 Å². The first kappa shape index (κ1) is 14.8. The highest BCUT2D eigenvalue weighted by Gasteiger charge is 2.30. The van der Waals surface area contributed by atoms with E-state index in [9.17, 15) is 4.79 Å². The van der Waals surface area contributed by atoms with Crippen LogP contribution in [0.5, 0.6) is 0 Å². The molecule has 0 saturated carbocycles. The first-order chi connectivity index (χ1) is 9.29. The summed E-state index contributed by atoms with van der Waals surface area (Å²) in [6, 6.07) is 5.90. The zero-order chi connectivity index (χ0) is 14.9. The smallest absolute Gasteiger partial charge is 0.232 e. The van der Waals surface area contributed by atoms with E-state index in [2.05, 4.69) is 5.32 Å². The highest BCUT2D eigenvalue weighted by atomic mass is 32.1. The summed E-state index contributed by atoms with van der Waals surface area (Å²) in [4.78, 5) is 14.4. The van der Waals surface area contributed by atoms with E-state index in [4.69, 9.17) is 18.0 Å². The molecule has 0 atom stereocenters. The predicted octanol–water partition coefficient (Wildman–Crippen LogP) is 2.67. The molecule has 0 unspecified atom stereocenters. The van der Waals surface area contributed by atoms with Crippen LogP contribution in [0.25, 0.3) is 0 Å². The molecule has 2 rings (SSSR count). The molecule has 0 aliphatic carbocycles. The van der Waals surface area contributed by atoms with Crippen LogP contribution < -0.4 is 16.0 Å². The molecule has 4 nitrogen and oxygen atoms in total. The van der Waals surface area contributed by atoms with Crippen LogP contribution in [-0.4, -0.2) is 17.6 Å². The normalized spacial score (nSPS) is 14.7. The van der Waals surface area contributed by atoms with Gasteiger partial charge < -0.3 is 16.0 Å². The molecule has 3 N–H and O–H groups in total. The quantitative estimate of drug-likeness (QED) is 0.781. The summed E-state index contributed by atoms with van der Waals surface area (Å²) < 4.78 is 0. The molecule has 0 bridgehead atoms. The van der Waals surface area contributed by atoms with Crippen molar-refractivity contribution in [2.75, 3.05) is 16.8 Å². The molecular weight excluding hydrogens is 270 g/mol. The van der Waals surface area contributed by atoms with Gasteiger partial charge in [0.25, 0.3) is 0 Å². The van der Waals surface area contributed by atoms with Gasteiger partial charge in [-0.25, -0.2) is 0 Å². The monoisotopic (exact) mass is 291 g/mol. The summed E-state index contributed by atoms with van der Waals surface area (Å²) in [5.74, 6) is 0.161. The predicted molar refractivity (Wildman–Crippen MR) is 87.0 cm³/mol. The van der Waals surface area contributed by atoms with E-state index >= 15 is 0 Å².